The Balaban J connectivity index is 2.14. The molecular weight excluding hydrogens is 464 g/mol. The van der Waals surface area contributed by atoms with Gasteiger partial charge < -0.3 is 19.9 Å². The SMILES string of the molecule is CCOC(=O)C1=C(CSc2nc(CC)c(C)cc2C#N)OC(N)=C(C#N)[C@@H]1c1ccccc1OC. The Kier molecular flexibility index (Phi) is 8.40. The fourth-order valence-corrected chi connectivity index (χ4v) is 4.81. The van der Waals surface area contributed by atoms with Crippen LogP contribution >= 0.6 is 11.8 Å². The summed E-state index contributed by atoms with van der Waals surface area (Å²) in [5.74, 6) is -0.678. The topological polar surface area (TPSA) is 131 Å². The first-order valence-electron chi connectivity index (χ1n) is 11.0. The van der Waals surface area contributed by atoms with Crippen LogP contribution in [-0.4, -0.2) is 30.4 Å². The molecule has 9 heteroatoms. The number of thioether (sulfide) groups is 1. The Morgan fingerprint density at radius 1 is 1.26 bits per heavy atom. The third-order valence-electron chi connectivity index (χ3n) is 5.52. The van der Waals surface area contributed by atoms with Crippen LogP contribution in [0.5, 0.6) is 5.75 Å². The lowest BCUT2D eigenvalue weighted by atomic mass is 9.82. The van der Waals surface area contributed by atoms with Crippen LogP contribution in [0.2, 0.25) is 0 Å². The zero-order chi connectivity index (χ0) is 25.5. The van der Waals surface area contributed by atoms with E-state index >= 15 is 0 Å². The number of para-hydroxylation sites is 1. The Morgan fingerprint density at radius 3 is 2.63 bits per heavy atom. The summed E-state index contributed by atoms with van der Waals surface area (Å²) in [7, 11) is 1.51. The van der Waals surface area contributed by atoms with Crippen LogP contribution in [0.3, 0.4) is 0 Å². The zero-order valence-corrected chi connectivity index (χ0v) is 20.9. The molecule has 2 heterocycles. The van der Waals surface area contributed by atoms with Crippen molar-refractivity contribution in [2.75, 3.05) is 19.5 Å². The molecule has 35 heavy (non-hydrogen) atoms. The summed E-state index contributed by atoms with van der Waals surface area (Å²) in [5.41, 5.74) is 9.25. The molecule has 0 spiro atoms. The Hall–Kier alpha value is -3.95. The van der Waals surface area contributed by atoms with Gasteiger partial charge in [0.1, 0.15) is 34.2 Å². The fraction of sp³-hybridized carbons (Fsp3) is 0.308. The third-order valence-corrected chi connectivity index (χ3v) is 6.51. The molecule has 2 N–H and O–H groups in total. The highest BCUT2D eigenvalue weighted by molar-refractivity contribution is 7.99. The number of aryl methyl sites for hydroxylation is 2. The molecule has 1 aliphatic rings. The van der Waals surface area contributed by atoms with E-state index in [9.17, 15) is 15.3 Å². The summed E-state index contributed by atoms with van der Waals surface area (Å²) in [6, 6.07) is 13.2. The Bertz CT molecular complexity index is 1290. The van der Waals surface area contributed by atoms with E-state index in [0.29, 0.717) is 21.9 Å². The minimum Gasteiger partial charge on any atom is -0.496 e. The van der Waals surface area contributed by atoms with Crippen LogP contribution in [0, 0.1) is 29.6 Å². The molecule has 2 aromatic rings. The maximum Gasteiger partial charge on any atom is 0.338 e. The summed E-state index contributed by atoms with van der Waals surface area (Å²) in [5, 5.41) is 20.0. The maximum atomic E-state index is 13.2. The van der Waals surface area contributed by atoms with Gasteiger partial charge in [0.2, 0.25) is 5.88 Å². The predicted molar refractivity (Wildman–Crippen MR) is 131 cm³/mol. The van der Waals surface area contributed by atoms with Gasteiger partial charge in [0.05, 0.1) is 36.5 Å². The molecule has 0 bridgehead atoms. The van der Waals surface area contributed by atoms with Crippen molar-refractivity contribution < 1.29 is 19.0 Å². The van der Waals surface area contributed by atoms with Crippen LogP contribution in [-0.2, 0) is 20.7 Å². The first-order valence-corrected chi connectivity index (χ1v) is 12.0. The molecule has 1 aliphatic heterocycles. The zero-order valence-electron chi connectivity index (χ0n) is 20.0. The second kappa shape index (κ2) is 11.5. The van der Waals surface area contributed by atoms with Crippen LogP contribution in [0.25, 0.3) is 0 Å². The van der Waals surface area contributed by atoms with Crippen molar-refractivity contribution in [3.05, 3.63) is 75.5 Å². The van der Waals surface area contributed by atoms with Gasteiger partial charge in [-0.2, -0.15) is 10.5 Å². The van der Waals surface area contributed by atoms with E-state index in [0.717, 1.165) is 17.7 Å². The predicted octanol–water partition coefficient (Wildman–Crippen LogP) is 4.25. The molecule has 0 unspecified atom stereocenters. The fourth-order valence-electron chi connectivity index (χ4n) is 3.89. The largest absolute Gasteiger partial charge is 0.496 e. The minimum absolute atomic E-state index is 0.0887. The molecule has 1 aromatic carbocycles. The van der Waals surface area contributed by atoms with Crippen molar-refractivity contribution in [3.63, 3.8) is 0 Å². The van der Waals surface area contributed by atoms with Crippen molar-refractivity contribution in [1.29, 1.82) is 10.5 Å². The van der Waals surface area contributed by atoms with Gasteiger partial charge >= 0.3 is 5.97 Å². The van der Waals surface area contributed by atoms with Gasteiger partial charge in [0, 0.05) is 11.3 Å². The number of ether oxygens (including phenoxy) is 3. The Labute approximate surface area is 209 Å². The molecule has 3 rings (SSSR count). The number of nitrogens with zero attached hydrogens (tertiary/aromatic N) is 3. The van der Waals surface area contributed by atoms with Gasteiger partial charge in [-0.15, -0.1) is 0 Å². The van der Waals surface area contributed by atoms with Crippen LogP contribution in [0.15, 0.2) is 58.1 Å². The molecule has 180 valence electrons. The lowest BCUT2D eigenvalue weighted by molar-refractivity contribution is -0.139. The highest BCUT2D eigenvalue weighted by Crippen LogP contribution is 2.44. The second-order valence-electron chi connectivity index (χ2n) is 7.58. The number of nitrogens with two attached hydrogens (primary N) is 1. The second-order valence-corrected chi connectivity index (χ2v) is 8.55. The number of hydrogen-bond acceptors (Lipinski definition) is 9. The van der Waals surface area contributed by atoms with E-state index in [-0.39, 0.29) is 35.1 Å². The molecule has 0 fully saturated rings. The summed E-state index contributed by atoms with van der Waals surface area (Å²) in [6.45, 7) is 5.75. The van der Waals surface area contributed by atoms with Gasteiger partial charge in [-0.05, 0) is 38.0 Å². The van der Waals surface area contributed by atoms with Crippen LogP contribution in [0.4, 0.5) is 0 Å². The van der Waals surface area contributed by atoms with Crippen molar-refractivity contribution in [1.82, 2.24) is 4.98 Å². The molecule has 0 amide bonds. The molecule has 0 saturated carbocycles. The van der Waals surface area contributed by atoms with Crippen molar-refractivity contribution in [2.24, 2.45) is 5.73 Å². The normalized spacial score (nSPS) is 15.2. The molecule has 0 aliphatic carbocycles. The standard InChI is InChI=1S/C26H26N4O4S/c1-5-19-15(3)11-16(12-27)25(30-19)35-14-21-23(26(31)33-6-2)22(18(13-28)24(29)34-21)17-9-7-8-10-20(17)32-4/h7-11,22H,5-6,14,29H2,1-4H3/t22-/m0/s1. The lowest BCUT2D eigenvalue weighted by Gasteiger charge is -2.28. The van der Waals surface area contributed by atoms with E-state index in [1.165, 1.54) is 18.9 Å². The van der Waals surface area contributed by atoms with E-state index in [1.807, 2.05) is 13.8 Å². The first kappa shape index (κ1) is 25.7. The Morgan fingerprint density at radius 2 is 2.00 bits per heavy atom. The number of pyridine rings is 1. The van der Waals surface area contributed by atoms with Gasteiger partial charge in [-0.1, -0.05) is 36.9 Å². The average Bonchev–Trinajstić information content (AvgIpc) is 2.87. The molecular formula is C26H26N4O4S. The van der Waals surface area contributed by atoms with E-state index < -0.39 is 11.9 Å². The van der Waals surface area contributed by atoms with Gasteiger partial charge in [-0.3, -0.25) is 0 Å². The molecule has 0 saturated heterocycles. The number of methoxy groups -OCH3 is 1. The van der Waals surface area contributed by atoms with Crippen molar-refractivity contribution in [2.45, 2.75) is 38.1 Å². The van der Waals surface area contributed by atoms with Gasteiger partial charge in [0.25, 0.3) is 0 Å². The highest BCUT2D eigenvalue weighted by atomic mass is 32.2. The van der Waals surface area contributed by atoms with E-state index in [1.54, 1.807) is 37.3 Å². The smallest absolute Gasteiger partial charge is 0.338 e. The third kappa shape index (κ3) is 5.26. The first-order chi connectivity index (χ1) is 16.9. The number of benzene rings is 1. The monoisotopic (exact) mass is 490 g/mol. The number of allylic oxidation sites excluding steroid dienone is 1. The molecule has 1 atom stereocenters. The van der Waals surface area contributed by atoms with E-state index in [4.69, 9.17) is 19.9 Å². The van der Waals surface area contributed by atoms with Crippen molar-refractivity contribution >= 4 is 17.7 Å². The number of hydrogen-bond donors (Lipinski definition) is 1. The lowest BCUT2D eigenvalue weighted by Crippen LogP contribution is -2.27. The summed E-state index contributed by atoms with van der Waals surface area (Å²) in [4.78, 5) is 17.8. The summed E-state index contributed by atoms with van der Waals surface area (Å²) in [6.07, 6.45) is 0.718. The quantitative estimate of drug-likeness (QED) is 0.426. The number of carbonyl (C=O) groups is 1. The summed E-state index contributed by atoms with van der Waals surface area (Å²) >= 11 is 1.26. The molecule has 0 radical (unpaired) electrons. The number of nitriles is 2. The molecule has 1 aromatic heterocycles. The number of carbonyl (C=O) groups excluding carboxylic acids is 1. The van der Waals surface area contributed by atoms with E-state index in [2.05, 4.69) is 17.1 Å². The summed E-state index contributed by atoms with van der Waals surface area (Å²) < 4.78 is 16.7. The maximum absolute atomic E-state index is 13.2. The van der Waals surface area contributed by atoms with Crippen LogP contribution < -0.4 is 10.5 Å². The number of esters is 1. The van der Waals surface area contributed by atoms with Crippen molar-refractivity contribution in [3.8, 4) is 17.9 Å². The number of aromatic nitrogens is 1. The van der Waals surface area contributed by atoms with Gasteiger partial charge in [0.15, 0.2) is 0 Å². The highest BCUT2D eigenvalue weighted by Gasteiger charge is 2.39. The average molecular weight is 491 g/mol. The van der Waals surface area contributed by atoms with Crippen LogP contribution in [0.1, 0.15) is 42.1 Å². The van der Waals surface area contributed by atoms with Gasteiger partial charge in [-0.25, -0.2) is 9.78 Å². The molecule has 8 nitrogen and oxygen atoms in total. The minimum atomic E-state index is -0.841. The number of rotatable bonds is 8.